The van der Waals surface area contributed by atoms with Gasteiger partial charge in [0.05, 0.1) is 12.7 Å². The number of nitrogens with two attached hydrogens (primary N) is 1. The Hall–Kier alpha value is -1.26. The first kappa shape index (κ1) is 16.1. The molecule has 1 aromatic carbocycles. The lowest BCUT2D eigenvalue weighted by Gasteiger charge is -2.28. The molecule has 0 spiro atoms. The molecular weight excluding hydrogens is 266 g/mol. The molecule has 1 unspecified atom stereocenters. The van der Waals surface area contributed by atoms with Crippen molar-refractivity contribution in [2.75, 3.05) is 7.11 Å². The van der Waals surface area contributed by atoms with Crippen molar-refractivity contribution < 1.29 is 14.2 Å². The second-order valence-corrected chi connectivity index (χ2v) is 6.97. The fourth-order valence-electron chi connectivity index (χ4n) is 2.97. The Labute approximate surface area is 127 Å². The van der Waals surface area contributed by atoms with Gasteiger partial charge >= 0.3 is 0 Å². The highest BCUT2D eigenvalue weighted by atomic mass is 16.6. The summed E-state index contributed by atoms with van der Waals surface area (Å²) in [4.78, 5) is 0. The fourth-order valence-corrected chi connectivity index (χ4v) is 2.97. The smallest absolute Gasteiger partial charge is 0.130 e. The zero-order chi connectivity index (χ0) is 15.8. The zero-order valence-electron chi connectivity index (χ0n) is 13.9. The first-order chi connectivity index (χ1) is 9.64. The Morgan fingerprint density at radius 2 is 1.95 bits per heavy atom. The maximum absolute atomic E-state index is 6.28. The van der Waals surface area contributed by atoms with E-state index in [-0.39, 0.29) is 23.3 Å². The Bertz CT molecular complexity index is 509. The molecule has 0 amide bonds. The first-order valence-corrected chi connectivity index (χ1v) is 7.45. The van der Waals surface area contributed by atoms with E-state index >= 15 is 0 Å². The van der Waals surface area contributed by atoms with E-state index in [0.29, 0.717) is 0 Å². The molecule has 2 N–H and O–H groups in total. The Balaban J connectivity index is 2.30. The van der Waals surface area contributed by atoms with Crippen LogP contribution in [0.1, 0.15) is 52.6 Å². The van der Waals surface area contributed by atoms with Crippen molar-refractivity contribution in [3.63, 3.8) is 0 Å². The predicted molar refractivity (Wildman–Crippen MR) is 83.9 cm³/mol. The molecule has 0 saturated carbocycles. The van der Waals surface area contributed by atoms with Crippen LogP contribution < -0.4 is 15.2 Å². The van der Waals surface area contributed by atoms with Gasteiger partial charge in [0.1, 0.15) is 23.2 Å². The van der Waals surface area contributed by atoms with Gasteiger partial charge in [0, 0.05) is 24.1 Å². The molecule has 0 radical (unpaired) electrons. The summed E-state index contributed by atoms with van der Waals surface area (Å²) in [5.74, 6) is 1.55. The highest BCUT2D eigenvalue weighted by Gasteiger charge is 2.47. The summed E-state index contributed by atoms with van der Waals surface area (Å²) < 4.78 is 17.7. The summed E-state index contributed by atoms with van der Waals surface area (Å²) >= 11 is 0. The van der Waals surface area contributed by atoms with Crippen molar-refractivity contribution in [1.29, 1.82) is 0 Å². The number of hydrogen-bond donors (Lipinski definition) is 1. The monoisotopic (exact) mass is 293 g/mol. The van der Waals surface area contributed by atoms with Crippen LogP contribution in [0.15, 0.2) is 18.2 Å². The summed E-state index contributed by atoms with van der Waals surface area (Å²) in [5.41, 5.74) is 6.52. The molecule has 1 aliphatic rings. The topological polar surface area (TPSA) is 53.7 Å². The van der Waals surface area contributed by atoms with Gasteiger partial charge in [0.2, 0.25) is 0 Å². The first-order valence-electron chi connectivity index (χ1n) is 7.45. The predicted octanol–water partition coefficient (Wildman–Crippen LogP) is 3.44. The van der Waals surface area contributed by atoms with Crippen LogP contribution in [-0.2, 0) is 4.74 Å². The Kier molecular flexibility index (Phi) is 4.22. The van der Waals surface area contributed by atoms with Crippen LogP contribution in [0.4, 0.5) is 0 Å². The van der Waals surface area contributed by atoms with Crippen LogP contribution in [0.3, 0.4) is 0 Å². The maximum atomic E-state index is 6.28. The Morgan fingerprint density at radius 1 is 1.29 bits per heavy atom. The molecule has 4 heteroatoms. The minimum atomic E-state index is -0.332. The van der Waals surface area contributed by atoms with E-state index in [1.54, 1.807) is 7.11 Å². The standard InChI is InChI=1S/C17H27NO3/c1-11(18)13-8-7-12(19-6)9-14(13)20-15-10-16(2,3)21-17(15,4)5/h7-9,11,15H,10,18H2,1-6H3/t11-,15?/m0/s1. The third-order valence-corrected chi connectivity index (χ3v) is 3.97. The van der Waals surface area contributed by atoms with Gasteiger partial charge in [-0.25, -0.2) is 0 Å². The summed E-state index contributed by atoms with van der Waals surface area (Å²) in [6.45, 7) is 10.3. The van der Waals surface area contributed by atoms with E-state index in [2.05, 4.69) is 27.7 Å². The number of methoxy groups -OCH3 is 1. The molecule has 118 valence electrons. The van der Waals surface area contributed by atoms with Gasteiger partial charge in [-0.05, 0) is 40.7 Å². The van der Waals surface area contributed by atoms with E-state index in [1.807, 2.05) is 25.1 Å². The number of benzene rings is 1. The van der Waals surface area contributed by atoms with Crippen molar-refractivity contribution in [3.8, 4) is 11.5 Å². The quantitative estimate of drug-likeness (QED) is 0.924. The average molecular weight is 293 g/mol. The molecule has 0 aliphatic carbocycles. The molecule has 1 heterocycles. The molecule has 1 aliphatic heterocycles. The van der Waals surface area contributed by atoms with Crippen LogP contribution in [0.2, 0.25) is 0 Å². The van der Waals surface area contributed by atoms with Crippen LogP contribution in [0.5, 0.6) is 11.5 Å². The van der Waals surface area contributed by atoms with Gasteiger partial charge in [0.15, 0.2) is 0 Å². The van der Waals surface area contributed by atoms with Gasteiger partial charge in [-0.3, -0.25) is 0 Å². The van der Waals surface area contributed by atoms with Gasteiger partial charge in [-0.2, -0.15) is 0 Å². The normalized spacial score (nSPS) is 24.6. The summed E-state index contributed by atoms with van der Waals surface area (Å²) in [7, 11) is 1.65. The van der Waals surface area contributed by atoms with E-state index in [0.717, 1.165) is 23.5 Å². The van der Waals surface area contributed by atoms with Gasteiger partial charge < -0.3 is 19.9 Å². The van der Waals surface area contributed by atoms with Crippen molar-refractivity contribution in [2.45, 2.75) is 64.4 Å². The van der Waals surface area contributed by atoms with Gasteiger partial charge in [0.25, 0.3) is 0 Å². The van der Waals surface area contributed by atoms with E-state index < -0.39 is 0 Å². The van der Waals surface area contributed by atoms with Crippen LogP contribution in [0.25, 0.3) is 0 Å². The van der Waals surface area contributed by atoms with Crippen molar-refractivity contribution in [2.24, 2.45) is 5.73 Å². The average Bonchev–Trinajstić information content (AvgIpc) is 2.56. The number of hydrogen-bond acceptors (Lipinski definition) is 4. The largest absolute Gasteiger partial charge is 0.497 e. The lowest BCUT2D eigenvalue weighted by molar-refractivity contribution is -0.0847. The van der Waals surface area contributed by atoms with Crippen LogP contribution in [0, 0.1) is 0 Å². The zero-order valence-corrected chi connectivity index (χ0v) is 13.9. The minimum absolute atomic E-state index is 0.0166. The summed E-state index contributed by atoms with van der Waals surface area (Å²) in [6, 6.07) is 5.68. The Morgan fingerprint density at radius 3 is 2.43 bits per heavy atom. The third kappa shape index (κ3) is 3.50. The van der Waals surface area contributed by atoms with Gasteiger partial charge in [-0.1, -0.05) is 6.07 Å². The van der Waals surface area contributed by atoms with Gasteiger partial charge in [-0.15, -0.1) is 0 Å². The van der Waals surface area contributed by atoms with Crippen LogP contribution >= 0.6 is 0 Å². The van der Waals surface area contributed by atoms with Crippen molar-refractivity contribution in [1.82, 2.24) is 0 Å². The molecule has 2 atom stereocenters. The van der Waals surface area contributed by atoms with Crippen molar-refractivity contribution >= 4 is 0 Å². The molecule has 2 rings (SSSR count). The lowest BCUT2D eigenvalue weighted by Crippen LogP contribution is -2.37. The number of rotatable bonds is 4. The molecule has 1 saturated heterocycles. The molecule has 0 bridgehead atoms. The maximum Gasteiger partial charge on any atom is 0.130 e. The number of ether oxygens (including phenoxy) is 3. The second kappa shape index (κ2) is 5.50. The molecule has 1 aromatic rings. The second-order valence-electron chi connectivity index (χ2n) is 6.97. The summed E-state index contributed by atoms with van der Waals surface area (Å²) in [6.07, 6.45) is 0.826. The fraction of sp³-hybridized carbons (Fsp3) is 0.647. The lowest BCUT2D eigenvalue weighted by atomic mass is 9.97. The van der Waals surface area contributed by atoms with Crippen molar-refractivity contribution in [3.05, 3.63) is 23.8 Å². The highest BCUT2D eigenvalue weighted by molar-refractivity contribution is 5.42. The molecule has 4 nitrogen and oxygen atoms in total. The van der Waals surface area contributed by atoms with E-state index in [4.69, 9.17) is 19.9 Å². The SMILES string of the molecule is COc1ccc([C@H](C)N)c(OC2CC(C)(C)OC2(C)C)c1. The molecular formula is C17H27NO3. The summed E-state index contributed by atoms with van der Waals surface area (Å²) in [5, 5.41) is 0. The molecule has 1 fully saturated rings. The third-order valence-electron chi connectivity index (χ3n) is 3.97. The highest BCUT2D eigenvalue weighted by Crippen LogP contribution is 2.41. The van der Waals surface area contributed by atoms with E-state index in [1.165, 1.54) is 0 Å². The van der Waals surface area contributed by atoms with Crippen LogP contribution in [-0.4, -0.2) is 24.4 Å². The molecule has 21 heavy (non-hydrogen) atoms. The van der Waals surface area contributed by atoms with E-state index in [9.17, 15) is 0 Å². The molecule has 0 aromatic heterocycles. The minimum Gasteiger partial charge on any atom is -0.497 e.